The molecular formula is C27H18N4O7S. The molecular weight excluding hydrogens is 524 g/mol. The highest BCUT2D eigenvalue weighted by Gasteiger charge is 2.15. The van der Waals surface area contributed by atoms with Crippen LogP contribution in [-0.4, -0.2) is 29.2 Å². The van der Waals surface area contributed by atoms with Gasteiger partial charge in [0.1, 0.15) is 17.0 Å². The molecule has 0 unspecified atom stereocenters. The highest BCUT2D eigenvalue weighted by atomic mass is 32.3. The number of aromatic carboxylic acids is 1. The molecule has 0 atom stereocenters. The van der Waals surface area contributed by atoms with E-state index in [4.69, 9.17) is 4.18 Å². The fraction of sp³-hybridized carbons (Fsp3) is 0. The Bertz CT molecular complexity index is 1920. The van der Waals surface area contributed by atoms with E-state index in [1.807, 2.05) is 12.1 Å². The van der Waals surface area contributed by atoms with E-state index in [0.717, 1.165) is 5.39 Å². The van der Waals surface area contributed by atoms with Gasteiger partial charge in [-0.15, -0.1) is 15.3 Å². The molecule has 0 aliphatic heterocycles. The van der Waals surface area contributed by atoms with Gasteiger partial charge in [-0.25, -0.2) is 4.79 Å². The van der Waals surface area contributed by atoms with Crippen LogP contribution in [0.3, 0.4) is 0 Å². The predicted octanol–water partition coefficient (Wildman–Crippen LogP) is 7.41. The van der Waals surface area contributed by atoms with Crippen LogP contribution >= 0.6 is 0 Å². The van der Waals surface area contributed by atoms with Gasteiger partial charge in [-0.2, -0.15) is 13.5 Å². The largest absolute Gasteiger partial charge is 0.507 e. The van der Waals surface area contributed by atoms with E-state index in [-0.39, 0.29) is 28.4 Å². The lowest BCUT2D eigenvalue weighted by Crippen LogP contribution is -2.06. The Morgan fingerprint density at radius 1 is 0.718 bits per heavy atom. The first-order valence-corrected chi connectivity index (χ1v) is 12.7. The summed E-state index contributed by atoms with van der Waals surface area (Å²) in [7, 11) is -4.80. The minimum atomic E-state index is -4.80. The topological polar surface area (TPSA) is 171 Å². The number of carboxylic acid groups (broad SMARTS) is 1. The van der Waals surface area contributed by atoms with Crippen LogP contribution in [0.15, 0.2) is 111 Å². The number of carbonyl (C=O) groups is 1. The van der Waals surface area contributed by atoms with Gasteiger partial charge in [-0.1, -0.05) is 54.6 Å². The number of aromatic hydroxyl groups is 1. The number of benzene rings is 5. The lowest BCUT2D eigenvalue weighted by atomic mass is 10.1. The summed E-state index contributed by atoms with van der Waals surface area (Å²) in [5, 5.41) is 38.6. The van der Waals surface area contributed by atoms with E-state index in [1.54, 1.807) is 54.6 Å². The quantitative estimate of drug-likeness (QED) is 0.142. The number of carboxylic acids is 1. The molecule has 39 heavy (non-hydrogen) atoms. The van der Waals surface area contributed by atoms with Crippen LogP contribution in [0.25, 0.3) is 21.5 Å². The molecule has 0 amide bonds. The van der Waals surface area contributed by atoms with Gasteiger partial charge in [0.05, 0.1) is 17.1 Å². The SMILES string of the molecule is O=C(O)c1cc(N=Nc2ccc(N=Nc3c(OS(=O)(=O)O)ccc4ccccc34)c3ccccc23)ccc1O. The second kappa shape index (κ2) is 10.3. The first kappa shape index (κ1) is 25.4. The Labute approximate surface area is 221 Å². The molecule has 0 aromatic heterocycles. The van der Waals surface area contributed by atoms with Crippen LogP contribution in [0.2, 0.25) is 0 Å². The van der Waals surface area contributed by atoms with Gasteiger partial charge < -0.3 is 14.4 Å². The number of rotatable bonds is 7. The molecule has 5 rings (SSSR count). The number of phenols is 1. The highest BCUT2D eigenvalue weighted by molar-refractivity contribution is 7.81. The summed E-state index contributed by atoms with van der Waals surface area (Å²) in [4.78, 5) is 11.3. The normalized spacial score (nSPS) is 12.0. The number of nitrogens with zero attached hydrogens (tertiary/aromatic N) is 4. The van der Waals surface area contributed by atoms with Crippen LogP contribution in [-0.2, 0) is 10.4 Å². The minimum Gasteiger partial charge on any atom is -0.507 e. The van der Waals surface area contributed by atoms with E-state index in [1.165, 1.54) is 24.3 Å². The maximum atomic E-state index is 11.4. The van der Waals surface area contributed by atoms with Crippen molar-refractivity contribution in [2.45, 2.75) is 0 Å². The fourth-order valence-electron chi connectivity index (χ4n) is 3.93. The van der Waals surface area contributed by atoms with Gasteiger partial charge in [0.25, 0.3) is 0 Å². The van der Waals surface area contributed by atoms with E-state index in [2.05, 4.69) is 20.5 Å². The van der Waals surface area contributed by atoms with Crippen LogP contribution < -0.4 is 4.18 Å². The third-order valence-electron chi connectivity index (χ3n) is 5.68. The van der Waals surface area contributed by atoms with E-state index in [9.17, 15) is 28.0 Å². The van der Waals surface area contributed by atoms with Crippen LogP contribution in [0.1, 0.15) is 10.4 Å². The summed E-state index contributed by atoms with van der Waals surface area (Å²) in [6, 6.07) is 24.5. The predicted molar refractivity (Wildman–Crippen MR) is 143 cm³/mol. The fourth-order valence-corrected chi connectivity index (χ4v) is 4.30. The molecule has 0 aliphatic carbocycles. The second-order valence-electron chi connectivity index (χ2n) is 8.20. The first-order chi connectivity index (χ1) is 18.7. The molecule has 11 nitrogen and oxygen atoms in total. The number of hydrogen-bond acceptors (Lipinski definition) is 9. The van der Waals surface area contributed by atoms with Crippen molar-refractivity contribution in [2.24, 2.45) is 20.5 Å². The number of fused-ring (bicyclic) bond motifs is 2. The summed E-state index contributed by atoms with van der Waals surface area (Å²) in [6.45, 7) is 0. The zero-order valence-corrected chi connectivity index (χ0v) is 20.6. The van der Waals surface area contributed by atoms with Crippen molar-refractivity contribution < 1.29 is 32.2 Å². The molecule has 5 aromatic rings. The van der Waals surface area contributed by atoms with Gasteiger partial charge in [0.15, 0.2) is 5.75 Å². The molecule has 3 N–H and O–H groups in total. The van der Waals surface area contributed by atoms with Crippen molar-refractivity contribution in [3.8, 4) is 11.5 Å². The summed E-state index contributed by atoms with van der Waals surface area (Å²) >= 11 is 0. The van der Waals surface area contributed by atoms with Crippen molar-refractivity contribution in [3.63, 3.8) is 0 Å². The van der Waals surface area contributed by atoms with Crippen molar-refractivity contribution in [2.75, 3.05) is 0 Å². The molecule has 0 bridgehead atoms. The standard InChI is InChI=1S/C27H18N4O7S/c32-24-13-10-17(15-21(24)27(33)34)28-29-22-11-12-23(20-8-4-3-7-19(20)22)30-31-26-18-6-2-1-5-16(18)9-14-25(26)38-39(35,36)37/h1-15,32H,(H,33,34)(H,35,36,37). The van der Waals surface area contributed by atoms with Crippen molar-refractivity contribution in [1.29, 1.82) is 0 Å². The molecule has 0 fully saturated rings. The van der Waals surface area contributed by atoms with Gasteiger partial charge in [-0.05, 0) is 41.8 Å². The average Bonchev–Trinajstić information content (AvgIpc) is 2.91. The zero-order chi connectivity index (χ0) is 27.6. The molecule has 0 spiro atoms. The molecule has 0 saturated heterocycles. The highest BCUT2D eigenvalue weighted by Crippen LogP contribution is 2.40. The van der Waals surface area contributed by atoms with Crippen molar-refractivity contribution in [3.05, 3.63) is 96.6 Å². The number of hydrogen-bond donors (Lipinski definition) is 3. The molecule has 5 aromatic carbocycles. The molecule has 194 valence electrons. The minimum absolute atomic E-state index is 0.111. The van der Waals surface area contributed by atoms with Gasteiger partial charge in [0, 0.05) is 16.2 Å². The van der Waals surface area contributed by atoms with Gasteiger partial charge in [-0.3, -0.25) is 4.55 Å². The maximum absolute atomic E-state index is 11.4. The zero-order valence-electron chi connectivity index (χ0n) is 19.8. The molecule has 0 radical (unpaired) electrons. The maximum Gasteiger partial charge on any atom is 0.446 e. The van der Waals surface area contributed by atoms with E-state index < -0.39 is 16.4 Å². The van der Waals surface area contributed by atoms with E-state index in [0.29, 0.717) is 27.5 Å². The van der Waals surface area contributed by atoms with Gasteiger partial charge >= 0.3 is 16.4 Å². The Balaban J connectivity index is 1.56. The Kier molecular flexibility index (Phi) is 6.71. The number of azo groups is 2. The Morgan fingerprint density at radius 3 is 1.97 bits per heavy atom. The summed E-state index contributed by atoms with van der Waals surface area (Å²) in [5.41, 5.74) is 0.960. The Hall–Kier alpha value is -5.20. The first-order valence-electron chi connectivity index (χ1n) is 11.3. The third-order valence-corrected chi connectivity index (χ3v) is 6.07. The smallest absolute Gasteiger partial charge is 0.446 e. The van der Waals surface area contributed by atoms with Crippen LogP contribution in [0, 0.1) is 0 Å². The van der Waals surface area contributed by atoms with Crippen molar-refractivity contribution in [1.82, 2.24) is 0 Å². The van der Waals surface area contributed by atoms with E-state index >= 15 is 0 Å². The second-order valence-corrected chi connectivity index (χ2v) is 9.22. The third kappa shape index (κ3) is 5.56. The van der Waals surface area contributed by atoms with Crippen LogP contribution in [0.5, 0.6) is 11.5 Å². The van der Waals surface area contributed by atoms with Crippen LogP contribution in [0.4, 0.5) is 22.7 Å². The summed E-state index contributed by atoms with van der Waals surface area (Å²) in [5.74, 6) is -1.86. The van der Waals surface area contributed by atoms with Gasteiger partial charge in [0.2, 0.25) is 0 Å². The summed E-state index contributed by atoms with van der Waals surface area (Å²) < 4.78 is 36.8. The average molecular weight is 543 g/mol. The van der Waals surface area contributed by atoms with Crippen molar-refractivity contribution >= 4 is 60.7 Å². The molecule has 12 heteroatoms. The monoisotopic (exact) mass is 542 g/mol. The molecule has 0 aliphatic rings. The lowest BCUT2D eigenvalue weighted by molar-refractivity contribution is 0.0693. The summed E-state index contributed by atoms with van der Waals surface area (Å²) in [6.07, 6.45) is 0. The Morgan fingerprint density at radius 2 is 1.33 bits per heavy atom. The lowest BCUT2D eigenvalue weighted by Gasteiger charge is -2.08. The molecule has 0 heterocycles. The molecule has 0 saturated carbocycles.